The smallest absolute Gasteiger partial charge is 1.00 e. The number of aliphatic carboxylic acids is 3. The van der Waals surface area contributed by atoms with Crippen molar-refractivity contribution in [3.63, 3.8) is 0 Å². The van der Waals surface area contributed by atoms with Crippen LogP contribution in [0, 0.1) is 0 Å². The third-order valence-electron chi connectivity index (χ3n) is 1.78. The largest absolute Gasteiger partial charge is 1.00 e. The van der Waals surface area contributed by atoms with E-state index in [0.717, 1.165) is 0 Å². The Kier molecular flexibility index (Phi) is 13.6. The average molecular weight is 294 g/mol. The summed E-state index contributed by atoms with van der Waals surface area (Å²) < 4.78 is 0. The van der Waals surface area contributed by atoms with Gasteiger partial charge in [-0.1, -0.05) is 0 Å². The fourth-order valence-electron chi connectivity index (χ4n) is 1.07. The van der Waals surface area contributed by atoms with Crippen LogP contribution in [0.2, 0.25) is 0 Å². The van der Waals surface area contributed by atoms with Crippen molar-refractivity contribution < 1.29 is 70.2 Å². The number of carboxylic acid groups (broad SMARTS) is 3. The molecule has 6 N–H and O–H groups in total. The number of carboxylic acids is 3. The topological polar surface area (TPSA) is 159 Å². The molecule has 0 radical (unpaired) electrons. The van der Waals surface area contributed by atoms with Gasteiger partial charge in [-0.05, 0) is 0 Å². The summed E-state index contributed by atoms with van der Waals surface area (Å²) in [5.41, 5.74) is 4.90. The van der Waals surface area contributed by atoms with Gasteiger partial charge in [-0.25, -0.2) is 4.79 Å². The molecular weight excluding hydrogens is 278 g/mol. The molecule has 19 heavy (non-hydrogen) atoms. The van der Waals surface area contributed by atoms with Gasteiger partial charge >= 0.3 is 47.5 Å². The maximum atomic E-state index is 11.0. The van der Waals surface area contributed by atoms with Gasteiger partial charge in [0.05, 0.1) is 12.8 Å². The van der Waals surface area contributed by atoms with Crippen molar-refractivity contribution in [2.24, 2.45) is 5.73 Å². The van der Waals surface area contributed by atoms with Gasteiger partial charge in [0, 0.05) is 13.1 Å². The summed E-state index contributed by atoms with van der Waals surface area (Å²) in [6, 6.07) is 0. The molecule has 0 saturated carbocycles. The van der Waals surface area contributed by atoms with Crippen LogP contribution in [0.4, 0.5) is 4.70 Å². The van der Waals surface area contributed by atoms with Crippen molar-refractivity contribution in [3.8, 4) is 0 Å². The minimum Gasteiger partial charge on any atom is -1.00 e. The predicted octanol–water partition coefficient (Wildman–Crippen LogP) is -4.49. The van der Waals surface area contributed by atoms with E-state index in [4.69, 9.17) is 21.1 Å². The molecule has 0 bridgehead atoms. The Labute approximate surface area is 131 Å². The second kappa shape index (κ2) is 11.1. The molecule has 0 aliphatic heterocycles. The molecule has 0 rings (SSSR count). The number of carbonyl (C=O) groups is 3. The maximum Gasteiger partial charge on any atom is 1.00 e. The Bertz CT molecular complexity index is 305. The molecule has 9 nitrogen and oxygen atoms in total. The Morgan fingerprint density at radius 3 is 1.84 bits per heavy atom. The van der Waals surface area contributed by atoms with E-state index in [-0.39, 0.29) is 48.8 Å². The number of nitrogens with two attached hydrogens (primary N) is 1. The standard InChI is InChI=1S/C8H14N2O7.FH.Na.H/c9-1-2-10-17-8(7(15)16,3-5(11)12)4-6(13)14;;;/h10H,1-4,9H2,(H,11,12)(H,13,14)(H,15,16);1H;;/q;;+1;-1. The molecular formula is C8H16FN2NaO7. The molecule has 0 aliphatic rings. The molecule has 11 heteroatoms. The predicted molar refractivity (Wildman–Crippen MR) is 56.6 cm³/mol. The van der Waals surface area contributed by atoms with Crippen LogP contribution >= 0.6 is 0 Å². The summed E-state index contributed by atoms with van der Waals surface area (Å²) in [6.07, 6.45) is -1.96. The third kappa shape index (κ3) is 8.86. The Hall–Kier alpha value is -0.780. The monoisotopic (exact) mass is 294 g/mol. The van der Waals surface area contributed by atoms with Crippen LogP contribution in [-0.4, -0.2) is 51.9 Å². The summed E-state index contributed by atoms with van der Waals surface area (Å²) in [5.74, 6) is -4.64. The van der Waals surface area contributed by atoms with Gasteiger partial charge in [0.15, 0.2) is 0 Å². The molecule has 0 heterocycles. The Morgan fingerprint density at radius 1 is 1.16 bits per heavy atom. The summed E-state index contributed by atoms with van der Waals surface area (Å²) >= 11 is 0. The van der Waals surface area contributed by atoms with Crippen LogP contribution in [0.3, 0.4) is 0 Å². The normalized spacial score (nSPS) is 9.95. The van der Waals surface area contributed by atoms with E-state index in [1.165, 1.54) is 0 Å². The number of hydrogen-bond acceptors (Lipinski definition) is 6. The molecule has 0 amide bonds. The van der Waals surface area contributed by atoms with Crippen LogP contribution in [0.25, 0.3) is 0 Å². The Morgan fingerprint density at radius 2 is 1.58 bits per heavy atom. The number of halogens is 1. The molecule has 0 aromatic heterocycles. The average Bonchev–Trinajstić information content (AvgIpc) is 2.15. The van der Waals surface area contributed by atoms with Crippen LogP contribution in [0.1, 0.15) is 14.3 Å². The quantitative estimate of drug-likeness (QED) is 0.160. The van der Waals surface area contributed by atoms with Crippen molar-refractivity contribution >= 4 is 17.9 Å². The Balaban J connectivity index is -0.000000427. The minimum atomic E-state index is -2.35. The molecule has 0 spiro atoms. The number of rotatable bonds is 9. The van der Waals surface area contributed by atoms with Crippen molar-refractivity contribution in [1.29, 1.82) is 0 Å². The molecule has 0 aliphatic carbocycles. The molecule has 0 atom stereocenters. The van der Waals surface area contributed by atoms with Crippen molar-refractivity contribution in [2.45, 2.75) is 18.4 Å². The molecule has 0 fully saturated rings. The number of nitrogens with one attached hydrogen (secondary N) is 1. The first-order valence-electron chi connectivity index (χ1n) is 4.62. The van der Waals surface area contributed by atoms with Crippen LogP contribution in [-0.2, 0) is 19.2 Å². The van der Waals surface area contributed by atoms with E-state index in [1.54, 1.807) is 0 Å². The second-order valence-corrected chi connectivity index (χ2v) is 3.23. The molecule has 0 aromatic carbocycles. The number of hydrogen-bond donors (Lipinski definition) is 5. The van der Waals surface area contributed by atoms with E-state index >= 15 is 0 Å². The van der Waals surface area contributed by atoms with Crippen LogP contribution in [0.15, 0.2) is 0 Å². The van der Waals surface area contributed by atoms with Gasteiger partial charge in [0.25, 0.3) is 0 Å². The van der Waals surface area contributed by atoms with Gasteiger partial charge in [0.2, 0.25) is 5.60 Å². The number of hydroxylamine groups is 1. The molecule has 108 valence electrons. The van der Waals surface area contributed by atoms with Gasteiger partial charge in [0.1, 0.15) is 0 Å². The zero-order chi connectivity index (χ0) is 13.5. The zero-order valence-corrected chi connectivity index (χ0v) is 12.3. The van der Waals surface area contributed by atoms with Gasteiger partial charge in [-0.2, -0.15) is 5.48 Å². The summed E-state index contributed by atoms with van der Waals surface area (Å²) in [6.45, 7) is 0.185. The fourth-order valence-corrected chi connectivity index (χ4v) is 1.07. The molecule has 0 saturated heterocycles. The van der Waals surface area contributed by atoms with Crippen LogP contribution in [0.5, 0.6) is 0 Å². The van der Waals surface area contributed by atoms with Crippen molar-refractivity contribution in [1.82, 2.24) is 5.48 Å². The van der Waals surface area contributed by atoms with E-state index < -0.39 is 36.4 Å². The summed E-state index contributed by atoms with van der Waals surface area (Å²) in [4.78, 5) is 36.7. The van der Waals surface area contributed by atoms with Gasteiger partial charge in [-0.3, -0.25) is 19.1 Å². The van der Waals surface area contributed by atoms with Gasteiger partial charge < -0.3 is 22.5 Å². The summed E-state index contributed by atoms with van der Waals surface area (Å²) in [5, 5.41) is 26.1. The molecule has 0 aromatic rings. The van der Waals surface area contributed by atoms with Gasteiger partial charge in [-0.15, -0.1) is 0 Å². The first-order valence-corrected chi connectivity index (χ1v) is 4.62. The third-order valence-corrected chi connectivity index (χ3v) is 1.78. The molecule has 0 unspecified atom stereocenters. The van der Waals surface area contributed by atoms with E-state index in [9.17, 15) is 14.4 Å². The van der Waals surface area contributed by atoms with E-state index in [0.29, 0.717) is 0 Å². The second-order valence-electron chi connectivity index (χ2n) is 3.23. The van der Waals surface area contributed by atoms with Crippen molar-refractivity contribution in [2.75, 3.05) is 13.1 Å². The minimum absolute atomic E-state index is 0. The first-order chi connectivity index (χ1) is 7.84. The maximum absolute atomic E-state index is 11.0. The zero-order valence-electron chi connectivity index (χ0n) is 11.3. The van der Waals surface area contributed by atoms with E-state index in [1.807, 2.05) is 0 Å². The fraction of sp³-hybridized carbons (Fsp3) is 0.625. The van der Waals surface area contributed by atoms with Crippen molar-refractivity contribution in [3.05, 3.63) is 0 Å². The summed E-state index contributed by atoms with van der Waals surface area (Å²) in [7, 11) is 0. The van der Waals surface area contributed by atoms with E-state index in [2.05, 4.69) is 10.3 Å². The SMILES string of the molecule is F.NCCNOC(CC(=O)O)(CC(=O)O)C(=O)O.[H-].[Na+]. The first kappa shape index (κ1) is 23.3. The van der Waals surface area contributed by atoms with Crippen LogP contribution < -0.4 is 40.8 Å².